The first-order valence-electron chi connectivity index (χ1n) is 11.6. The summed E-state index contributed by atoms with van der Waals surface area (Å²) < 4.78 is 13.1. The van der Waals surface area contributed by atoms with Crippen molar-refractivity contribution in [1.29, 1.82) is 0 Å². The first-order chi connectivity index (χ1) is 16.7. The van der Waals surface area contributed by atoms with Crippen LogP contribution in [0.4, 0.5) is 0 Å². The Hall–Kier alpha value is -4.06. The normalized spacial score (nSPS) is 13.0. The van der Waals surface area contributed by atoms with E-state index in [0.717, 1.165) is 28.9 Å². The van der Waals surface area contributed by atoms with Crippen LogP contribution in [0.15, 0.2) is 78.9 Å². The molecule has 174 valence electrons. The number of fused-ring (bicyclic) bond motifs is 1. The Morgan fingerprint density at radius 1 is 0.971 bits per heavy atom. The van der Waals surface area contributed by atoms with Gasteiger partial charge in [-0.3, -0.25) is 4.79 Å². The highest BCUT2D eigenvalue weighted by Crippen LogP contribution is 2.38. The molecule has 1 aromatic heterocycles. The fourth-order valence-electron chi connectivity index (χ4n) is 4.38. The first-order valence-corrected chi connectivity index (χ1v) is 11.6. The number of ether oxygens (including phenoxy) is 2. The van der Waals surface area contributed by atoms with Crippen molar-refractivity contribution in [2.24, 2.45) is 0 Å². The summed E-state index contributed by atoms with van der Waals surface area (Å²) in [7, 11) is 0. The molecule has 1 amide bonds. The van der Waals surface area contributed by atoms with Crippen LogP contribution >= 0.6 is 0 Å². The van der Waals surface area contributed by atoms with Gasteiger partial charge in [-0.05, 0) is 37.1 Å². The number of hydrogen-bond acceptors (Lipinski definition) is 4. The molecule has 1 aliphatic heterocycles. The van der Waals surface area contributed by atoms with E-state index in [1.54, 1.807) is 0 Å². The quantitative estimate of drug-likeness (QED) is 0.366. The number of nitrogens with zero attached hydrogens (tertiary/aromatic N) is 2. The van der Waals surface area contributed by atoms with Crippen molar-refractivity contribution in [3.05, 3.63) is 90.1 Å². The van der Waals surface area contributed by atoms with Crippen LogP contribution in [0, 0.1) is 0 Å². The second-order valence-corrected chi connectivity index (χ2v) is 8.16. The van der Waals surface area contributed by atoms with Crippen LogP contribution in [0.3, 0.4) is 0 Å². The van der Waals surface area contributed by atoms with Crippen molar-refractivity contribution in [3.8, 4) is 34.1 Å². The molecular formula is C28H29N3O3. The minimum atomic E-state index is -0.153. The van der Waals surface area contributed by atoms with Crippen molar-refractivity contribution in [3.63, 3.8) is 0 Å². The maximum absolute atomic E-state index is 13.8. The van der Waals surface area contributed by atoms with Crippen LogP contribution in [-0.2, 0) is 6.54 Å². The third-order valence-electron chi connectivity index (χ3n) is 6.09. The summed E-state index contributed by atoms with van der Waals surface area (Å²) in [5.74, 6) is 1.96. The van der Waals surface area contributed by atoms with Crippen LogP contribution in [0.2, 0.25) is 0 Å². The van der Waals surface area contributed by atoms with Gasteiger partial charge in [0.05, 0.1) is 6.04 Å². The van der Waals surface area contributed by atoms with Crippen molar-refractivity contribution in [1.82, 2.24) is 14.9 Å². The van der Waals surface area contributed by atoms with E-state index in [1.165, 1.54) is 0 Å². The molecule has 3 aromatic carbocycles. The van der Waals surface area contributed by atoms with E-state index >= 15 is 0 Å². The van der Waals surface area contributed by atoms with Crippen molar-refractivity contribution in [2.75, 3.05) is 6.79 Å². The third kappa shape index (κ3) is 4.03. The number of rotatable bonds is 7. The van der Waals surface area contributed by atoms with E-state index in [9.17, 15) is 4.79 Å². The predicted octanol–water partition coefficient (Wildman–Crippen LogP) is 6.09. The summed E-state index contributed by atoms with van der Waals surface area (Å²) in [5, 5.41) is 3.25. The highest BCUT2D eigenvalue weighted by molar-refractivity contribution is 6.00. The maximum atomic E-state index is 13.8. The number of nitrogens with one attached hydrogen (secondary N) is 1. The molecule has 6 heteroatoms. The van der Waals surface area contributed by atoms with Gasteiger partial charge >= 0.3 is 0 Å². The fraction of sp³-hybridized carbons (Fsp3) is 0.214. The summed E-state index contributed by atoms with van der Waals surface area (Å²) >= 11 is 0. The average molecular weight is 456 g/mol. The minimum absolute atomic E-state index is 0. The molecule has 0 fully saturated rings. The number of aromatic nitrogens is 2. The third-order valence-corrected chi connectivity index (χ3v) is 6.09. The minimum Gasteiger partial charge on any atom is -0.454 e. The molecule has 5 rings (SSSR count). The lowest BCUT2D eigenvalue weighted by Crippen LogP contribution is -2.30. The molecule has 0 radical (unpaired) electrons. The van der Waals surface area contributed by atoms with E-state index in [0.29, 0.717) is 29.4 Å². The van der Waals surface area contributed by atoms with Gasteiger partial charge < -0.3 is 19.4 Å². The first kappa shape index (κ1) is 21.8. The molecule has 1 atom stereocenters. The summed E-state index contributed by atoms with van der Waals surface area (Å²) in [6.07, 6.45) is 0.779. The summed E-state index contributed by atoms with van der Waals surface area (Å²) in [4.78, 5) is 18.8. The Morgan fingerprint density at radius 2 is 1.68 bits per heavy atom. The van der Waals surface area contributed by atoms with E-state index < -0.39 is 0 Å². The van der Waals surface area contributed by atoms with Crippen LogP contribution < -0.4 is 14.8 Å². The largest absolute Gasteiger partial charge is 0.454 e. The van der Waals surface area contributed by atoms with Gasteiger partial charge in [0, 0.05) is 19.1 Å². The second-order valence-electron chi connectivity index (χ2n) is 8.16. The highest BCUT2D eigenvalue weighted by Gasteiger charge is 2.27. The topological polar surface area (TPSA) is 65.4 Å². The van der Waals surface area contributed by atoms with Gasteiger partial charge in [0.15, 0.2) is 11.5 Å². The Morgan fingerprint density at radius 3 is 2.38 bits per heavy atom. The zero-order valence-corrected chi connectivity index (χ0v) is 19.3. The highest BCUT2D eigenvalue weighted by atomic mass is 16.7. The van der Waals surface area contributed by atoms with E-state index in [4.69, 9.17) is 14.5 Å². The zero-order valence-electron chi connectivity index (χ0n) is 19.3. The van der Waals surface area contributed by atoms with Crippen LogP contribution in [0.5, 0.6) is 11.5 Å². The molecule has 4 aromatic rings. The van der Waals surface area contributed by atoms with E-state index in [2.05, 4.69) is 12.2 Å². The van der Waals surface area contributed by atoms with Gasteiger partial charge in [0.1, 0.15) is 17.2 Å². The molecule has 6 nitrogen and oxygen atoms in total. The number of hydrogen-bond donors (Lipinski definition) is 1. The van der Waals surface area contributed by atoms with Crippen LogP contribution in [0.1, 0.15) is 43.8 Å². The molecule has 0 spiro atoms. The monoisotopic (exact) mass is 455 g/mol. The van der Waals surface area contributed by atoms with Gasteiger partial charge in [0.25, 0.3) is 5.91 Å². The van der Waals surface area contributed by atoms with Crippen molar-refractivity contribution in [2.45, 2.75) is 32.9 Å². The Kier molecular flexibility index (Phi) is 6.04. The molecule has 1 N–H and O–H groups in total. The van der Waals surface area contributed by atoms with Gasteiger partial charge in [-0.25, -0.2) is 4.98 Å². The van der Waals surface area contributed by atoms with Crippen molar-refractivity contribution >= 4 is 5.91 Å². The lowest BCUT2D eigenvalue weighted by atomic mass is 10.0. The van der Waals surface area contributed by atoms with Gasteiger partial charge in [-0.2, -0.15) is 0 Å². The smallest absolute Gasteiger partial charge is 0.270 e. The van der Waals surface area contributed by atoms with Crippen LogP contribution in [0.25, 0.3) is 22.6 Å². The molecule has 1 aliphatic rings. The average Bonchev–Trinajstić information content (AvgIpc) is 3.52. The Balaban J connectivity index is 0.00000289. The molecule has 0 saturated heterocycles. The van der Waals surface area contributed by atoms with Gasteiger partial charge in [-0.1, -0.05) is 67.6 Å². The molecular weight excluding hydrogens is 426 g/mol. The standard InChI is InChI=1S/C28H27N3O3.H2/c1-3-22(19-11-7-5-8-12-19)29-28(32)26-25(21-15-16-23-24(17-21)34-18-33-23)30-27(31(26)4-2)20-13-9-6-10-14-20;/h5-17,22H,3-4,18H2,1-2H3,(H,29,32);1H/t22-;/m0./s1. The lowest BCUT2D eigenvalue weighted by molar-refractivity contribution is 0.0927. The number of carbonyl (C=O) groups excluding carboxylic acids is 1. The molecule has 0 bridgehead atoms. The number of carbonyl (C=O) groups is 1. The molecule has 0 aliphatic carbocycles. The second kappa shape index (κ2) is 9.43. The molecule has 2 heterocycles. The fourth-order valence-corrected chi connectivity index (χ4v) is 4.38. The van der Waals surface area contributed by atoms with Crippen LogP contribution in [-0.4, -0.2) is 22.3 Å². The van der Waals surface area contributed by atoms with E-state index in [1.807, 2.05) is 90.4 Å². The summed E-state index contributed by atoms with van der Waals surface area (Å²) in [6, 6.07) is 25.6. The van der Waals surface area contributed by atoms with Crippen molar-refractivity contribution < 1.29 is 15.7 Å². The summed E-state index contributed by atoms with van der Waals surface area (Å²) in [6.45, 7) is 4.90. The SMILES string of the molecule is CC[C@H](NC(=O)c1c(-c2ccc3c(c2)OCO3)nc(-c2ccccc2)n1CC)c1ccccc1.[HH]. The summed E-state index contributed by atoms with van der Waals surface area (Å²) in [5.41, 5.74) is 4.01. The molecule has 0 unspecified atom stereocenters. The zero-order chi connectivity index (χ0) is 23.5. The Labute approximate surface area is 200 Å². The number of amides is 1. The Bertz CT molecular complexity index is 1310. The maximum Gasteiger partial charge on any atom is 0.270 e. The molecule has 34 heavy (non-hydrogen) atoms. The number of benzene rings is 3. The van der Waals surface area contributed by atoms with E-state index in [-0.39, 0.29) is 20.2 Å². The predicted molar refractivity (Wildman–Crippen MR) is 134 cm³/mol. The van der Waals surface area contributed by atoms with Gasteiger partial charge in [-0.15, -0.1) is 0 Å². The number of imidazole rings is 1. The van der Waals surface area contributed by atoms with Gasteiger partial charge in [0.2, 0.25) is 6.79 Å². The lowest BCUT2D eigenvalue weighted by Gasteiger charge is -2.19. The molecule has 0 saturated carbocycles.